The maximum absolute atomic E-state index is 13.4. The fourth-order valence-electron chi connectivity index (χ4n) is 4.43. The van der Waals surface area contributed by atoms with Crippen LogP contribution in [0.15, 0.2) is 30.2 Å². The molecule has 11 heteroatoms. The summed E-state index contributed by atoms with van der Waals surface area (Å²) in [6.45, 7) is 4.03. The van der Waals surface area contributed by atoms with Gasteiger partial charge in [-0.05, 0) is 25.3 Å². The predicted molar refractivity (Wildman–Crippen MR) is 117 cm³/mol. The lowest BCUT2D eigenvalue weighted by Crippen LogP contribution is -2.28. The van der Waals surface area contributed by atoms with Gasteiger partial charge in [-0.2, -0.15) is 0 Å². The van der Waals surface area contributed by atoms with Gasteiger partial charge in [0.1, 0.15) is 24.6 Å². The smallest absolute Gasteiger partial charge is 0.200 e. The van der Waals surface area contributed by atoms with Gasteiger partial charge >= 0.3 is 0 Å². The Morgan fingerprint density at radius 3 is 2.91 bits per heavy atom. The molecule has 172 valence electrons. The van der Waals surface area contributed by atoms with Crippen molar-refractivity contribution in [1.29, 1.82) is 0 Å². The van der Waals surface area contributed by atoms with Gasteiger partial charge in [0.05, 0.1) is 23.9 Å². The molecule has 0 aliphatic carbocycles. The lowest BCUT2D eigenvalue weighted by Gasteiger charge is -2.23. The van der Waals surface area contributed by atoms with E-state index in [-0.39, 0.29) is 31.3 Å². The molecule has 3 fully saturated rings. The molecule has 6 rings (SSSR count). The van der Waals surface area contributed by atoms with Gasteiger partial charge in [-0.15, -0.1) is 11.3 Å². The third kappa shape index (κ3) is 3.88. The van der Waals surface area contributed by atoms with Crippen LogP contribution >= 0.6 is 11.3 Å². The van der Waals surface area contributed by atoms with Gasteiger partial charge in [0.2, 0.25) is 6.36 Å². The maximum Gasteiger partial charge on any atom is 0.200 e. The van der Waals surface area contributed by atoms with E-state index in [1.54, 1.807) is 17.7 Å². The van der Waals surface area contributed by atoms with Crippen molar-refractivity contribution in [2.75, 3.05) is 11.9 Å². The fourth-order valence-corrected chi connectivity index (χ4v) is 5.01. The minimum Gasteiger partial charge on any atom is -0.363 e. The van der Waals surface area contributed by atoms with E-state index in [2.05, 4.69) is 32.1 Å². The van der Waals surface area contributed by atoms with Crippen molar-refractivity contribution >= 4 is 28.3 Å². The Morgan fingerprint density at radius 2 is 2.12 bits per heavy atom. The van der Waals surface area contributed by atoms with Gasteiger partial charge in [-0.1, -0.05) is 17.9 Å². The van der Waals surface area contributed by atoms with Gasteiger partial charge in [0.25, 0.3) is 0 Å². The van der Waals surface area contributed by atoms with E-state index in [0.717, 1.165) is 4.88 Å². The van der Waals surface area contributed by atoms with Crippen LogP contribution in [-0.4, -0.2) is 62.6 Å². The van der Waals surface area contributed by atoms with Crippen LogP contribution in [0.4, 0.5) is 10.2 Å². The number of anilines is 1. The Labute approximate surface area is 193 Å². The molecule has 0 aromatic carbocycles. The molecule has 9 nitrogen and oxygen atoms in total. The SMILES string of the molecule is CC1(C)OC2C(C#Cc3cccs3)OC(n3cnc4c(NC5COC(F)C5)ncnc43)C2O1. The first-order valence-electron chi connectivity index (χ1n) is 10.7. The van der Waals surface area contributed by atoms with E-state index in [4.69, 9.17) is 18.9 Å². The molecule has 0 spiro atoms. The molecule has 3 saturated heterocycles. The Hall–Kier alpha value is -2.62. The van der Waals surface area contributed by atoms with Crippen molar-refractivity contribution in [3.05, 3.63) is 35.0 Å². The van der Waals surface area contributed by atoms with Gasteiger partial charge < -0.3 is 24.3 Å². The second kappa shape index (κ2) is 8.00. The first kappa shape index (κ1) is 20.9. The van der Waals surface area contributed by atoms with Crippen LogP contribution in [0.1, 0.15) is 31.4 Å². The van der Waals surface area contributed by atoms with Crippen molar-refractivity contribution in [1.82, 2.24) is 19.5 Å². The monoisotopic (exact) mass is 471 g/mol. The van der Waals surface area contributed by atoms with E-state index in [9.17, 15) is 4.39 Å². The summed E-state index contributed by atoms with van der Waals surface area (Å²) in [5.74, 6) is 6.13. The Balaban J connectivity index is 1.31. The van der Waals surface area contributed by atoms with Crippen molar-refractivity contribution in [2.45, 2.75) is 63.0 Å². The number of rotatable bonds is 3. The first-order chi connectivity index (χ1) is 16.0. The summed E-state index contributed by atoms with van der Waals surface area (Å²) in [6.07, 6.45) is 0.341. The quantitative estimate of drug-likeness (QED) is 0.583. The predicted octanol–water partition coefficient (Wildman–Crippen LogP) is 2.85. The molecule has 3 aliphatic rings. The standard InChI is InChI=1S/C22H22FN5O4S/c1-22(2)31-17-14(6-5-13-4-3-7-33-13)30-21(18(17)32-22)28-11-26-16-19(24-10-25-20(16)28)27-12-8-15(23)29-9-12/h3-4,7,10-12,14-15,17-18,21H,8-9H2,1-2H3,(H,24,25,27). The Bertz CT molecular complexity index is 1220. The number of ether oxygens (including phenoxy) is 4. The largest absolute Gasteiger partial charge is 0.363 e. The second-order valence-electron chi connectivity index (χ2n) is 8.63. The number of hydrogen-bond acceptors (Lipinski definition) is 9. The molecule has 0 radical (unpaired) electrons. The molecule has 0 saturated carbocycles. The Morgan fingerprint density at radius 1 is 1.24 bits per heavy atom. The number of thiophene rings is 1. The molecular weight excluding hydrogens is 449 g/mol. The summed E-state index contributed by atoms with van der Waals surface area (Å²) in [6, 6.07) is 3.75. The first-order valence-corrected chi connectivity index (χ1v) is 11.6. The normalized spacial score (nSPS) is 32.6. The molecule has 3 aromatic rings. The van der Waals surface area contributed by atoms with E-state index < -0.39 is 24.5 Å². The van der Waals surface area contributed by atoms with Gasteiger partial charge in [-0.3, -0.25) is 4.57 Å². The topological polar surface area (TPSA) is 92.6 Å². The van der Waals surface area contributed by atoms with Gasteiger partial charge in [0.15, 0.2) is 29.0 Å². The van der Waals surface area contributed by atoms with Gasteiger partial charge in [-0.25, -0.2) is 19.3 Å². The van der Waals surface area contributed by atoms with Crippen molar-refractivity contribution in [2.24, 2.45) is 0 Å². The van der Waals surface area contributed by atoms with E-state index in [1.165, 1.54) is 6.33 Å². The zero-order chi connectivity index (χ0) is 22.6. The van der Waals surface area contributed by atoms with Crippen molar-refractivity contribution in [3.63, 3.8) is 0 Å². The Kier molecular flexibility index (Phi) is 5.08. The average molecular weight is 472 g/mol. The van der Waals surface area contributed by atoms with Crippen LogP contribution in [0.2, 0.25) is 0 Å². The lowest BCUT2D eigenvalue weighted by atomic mass is 10.1. The molecular formula is C22H22FN5O4S. The highest BCUT2D eigenvalue weighted by Crippen LogP contribution is 2.43. The van der Waals surface area contributed by atoms with E-state index in [1.807, 2.05) is 35.9 Å². The molecule has 3 aliphatic heterocycles. The summed E-state index contributed by atoms with van der Waals surface area (Å²) < 4.78 is 38.9. The van der Waals surface area contributed by atoms with Crippen molar-refractivity contribution < 1.29 is 23.3 Å². The average Bonchev–Trinajstić information content (AvgIpc) is 3.57. The molecule has 0 bridgehead atoms. The lowest BCUT2D eigenvalue weighted by molar-refractivity contribution is -0.190. The number of nitrogens with zero attached hydrogens (tertiary/aromatic N) is 4. The highest BCUT2D eigenvalue weighted by Gasteiger charge is 2.56. The van der Waals surface area contributed by atoms with Crippen LogP contribution < -0.4 is 5.32 Å². The highest BCUT2D eigenvalue weighted by atomic mass is 32.1. The molecule has 33 heavy (non-hydrogen) atoms. The summed E-state index contributed by atoms with van der Waals surface area (Å²) in [5.41, 5.74) is 1.14. The number of imidazole rings is 1. The summed E-state index contributed by atoms with van der Waals surface area (Å²) in [4.78, 5) is 14.2. The summed E-state index contributed by atoms with van der Waals surface area (Å²) >= 11 is 1.57. The number of halogens is 1. The van der Waals surface area contributed by atoms with Crippen LogP contribution in [0, 0.1) is 11.8 Å². The molecule has 1 N–H and O–H groups in total. The molecule has 6 atom stereocenters. The third-order valence-electron chi connectivity index (χ3n) is 5.81. The molecule has 3 aromatic heterocycles. The second-order valence-corrected chi connectivity index (χ2v) is 9.57. The van der Waals surface area contributed by atoms with Crippen LogP contribution in [0.5, 0.6) is 0 Å². The highest BCUT2D eigenvalue weighted by molar-refractivity contribution is 7.10. The summed E-state index contributed by atoms with van der Waals surface area (Å²) in [7, 11) is 0. The number of fused-ring (bicyclic) bond motifs is 2. The minimum atomic E-state index is -1.27. The van der Waals surface area contributed by atoms with Crippen molar-refractivity contribution in [3.8, 4) is 11.8 Å². The number of nitrogens with one attached hydrogen (secondary N) is 1. The maximum atomic E-state index is 13.4. The fraction of sp³-hybridized carbons (Fsp3) is 0.500. The van der Waals surface area contributed by atoms with E-state index in [0.29, 0.717) is 17.0 Å². The zero-order valence-electron chi connectivity index (χ0n) is 18.0. The molecule has 0 amide bonds. The number of alkyl halides is 1. The number of aromatic nitrogens is 4. The third-order valence-corrected chi connectivity index (χ3v) is 6.60. The summed E-state index contributed by atoms with van der Waals surface area (Å²) in [5, 5.41) is 5.20. The van der Waals surface area contributed by atoms with Crippen LogP contribution in [0.3, 0.4) is 0 Å². The van der Waals surface area contributed by atoms with Crippen LogP contribution in [0.25, 0.3) is 11.2 Å². The van der Waals surface area contributed by atoms with Crippen LogP contribution in [-0.2, 0) is 18.9 Å². The number of hydrogen-bond donors (Lipinski definition) is 1. The van der Waals surface area contributed by atoms with Gasteiger partial charge in [0, 0.05) is 6.42 Å². The molecule has 6 unspecified atom stereocenters. The minimum absolute atomic E-state index is 0.181. The molecule has 6 heterocycles. The zero-order valence-corrected chi connectivity index (χ0v) is 18.8. The van der Waals surface area contributed by atoms with E-state index >= 15 is 0 Å².